The third-order valence-corrected chi connectivity index (χ3v) is 4.59. The summed E-state index contributed by atoms with van der Waals surface area (Å²) in [5.74, 6) is -4.06. The average molecular weight is 473 g/mol. The molecular formula is C18H19F4N7O4. The van der Waals surface area contributed by atoms with E-state index in [0.29, 0.717) is 23.4 Å². The Bertz CT molecular complexity index is 1230. The maximum atomic E-state index is 14.9. The molecule has 3 aromatic rings. The largest absolute Gasteiger partial charge is 0.464 e. The molecule has 0 radical (unpaired) electrons. The van der Waals surface area contributed by atoms with Gasteiger partial charge in [0.2, 0.25) is 5.88 Å². The van der Waals surface area contributed by atoms with Gasteiger partial charge >= 0.3 is 11.9 Å². The van der Waals surface area contributed by atoms with Crippen LogP contribution in [0.3, 0.4) is 0 Å². The van der Waals surface area contributed by atoms with Crippen molar-refractivity contribution in [2.75, 3.05) is 5.32 Å². The van der Waals surface area contributed by atoms with E-state index in [1.165, 1.54) is 6.20 Å². The van der Waals surface area contributed by atoms with Crippen molar-refractivity contribution in [1.82, 2.24) is 29.5 Å². The minimum absolute atomic E-state index is 0.0787. The summed E-state index contributed by atoms with van der Waals surface area (Å²) in [5.41, 5.74) is -0.982. The maximum absolute atomic E-state index is 14.9. The quantitative estimate of drug-likeness (QED) is 0.444. The molecule has 15 heteroatoms. The van der Waals surface area contributed by atoms with Crippen LogP contribution < -0.4 is 15.7 Å². The van der Waals surface area contributed by atoms with E-state index in [2.05, 4.69) is 25.6 Å². The number of carbonyl (C=O) groups excluding carboxylic acids is 1. The summed E-state index contributed by atoms with van der Waals surface area (Å²) >= 11 is 0. The van der Waals surface area contributed by atoms with E-state index in [9.17, 15) is 32.3 Å². The van der Waals surface area contributed by atoms with Crippen molar-refractivity contribution in [3.63, 3.8) is 0 Å². The molecule has 0 fully saturated rings. The fraction of sp³-hybridized carbons (Fsp3) is 0.389. The number of aliphatic hydroxyl groups excluding tert-OH is 1. The van der Waals surface area contributed by atoms with Gasteiger partial charge in [-0.05, 0) is 26.8 Å². The lowest BCUT2D eigenvalue weighted by Crippen LogP contribution is -2.33. The van der Waals surface area contributed by atoms with Gasteiger partial charge < -0.3 is 15.2 Å². The second-order valence-corrected chi connectivity index (χ2v) is 6.80. The molecule has 0 aliphatic heterocycles. The Labute approximate surface area is 183 Å². The Morgan fingerprint density at radius 3 is 2.61 bits per heavy atom. The predicted octanol–water partition coefficient (Wildman–Crippen LogP) is 1.69. The Balaban J connectivity index is 2.14. The molecule has 33 heavy (non-hydrogen) atoms. The summed E-state index contributed by atoms with van der Waals surface area (Å²) in [4.78, 5) is 28.9. The van der Waals surface area contributed by atoms with Crippen molar-refractivity contribution in [2.24, 2.45) is 0 Å². The Hall–Kier alpha value is -3.75. The average Bonchev–Trinajstić information content (AvgIpc) is 3.30. The third kappa shape index (κ3) is 4.72. The number of alkyl halides is 3. The molecule has 178 valence electrons. The molecule has 0 aromatic carbocycles. The summed E-state index contributed by atoms with van der Waals surface area (Å²) < 4.78 is 60.6. The van der Waals surface area contributed by atoms with Crippen LogP contribution in [-0.4, -0.2) is 52.8 Å². The molecule has 1 atom stereocenters. The first-order valence-electron chi connectivity index (χ1n) is 9.53. The molecule has 3 N–H and O–H groups in total. The predicted molar refractivity (Wildman–Crippen MR) is 105 cm³/mol. The number of hydrogen-bond donors (Lipinski definition) is 3. The Kier molecular flexibility index (Phi) is 6.53. The fourth-order valence-corrected chi connectivity index (χ4v) is 2.78. The number of aliphatic hydroxyl groups is 1. The number of aromatic amines is 1. The van der Waals surface area contributed by atoms with Crippen LogP contribution in [0.1, 0.15) is 35.7 Å². The number of nitrogens with one attached hydrogen (secondary N) is 2. The van der Waals surface area contributed by atoms with E-state index in [1.807, 2.05) is 0 Å². The number of halogens is 4. The van der Waals surface area contributed by atoms with Crippen LogP contribution >= 0.6 is 0 Å². The van der Waals surface area contributed by atoms with Crippen molar-refractivity contribution in [2.45, 2.75) is 46.2 Å². The highest BCUT2D eigenvalue weighted by atomic mass is 19.4. The van der Waals surface area contributed by atoms with Crippen molar-refractivity contribution < 1.29 is 32.2 Å². The van der Waals surface area contributed by atoms with Gasteiger partial charge in [0, 0.05) is 12.7 Å². The van der Waals surface area contributed by atoms with E-state index >= 15 is 0 Å². The number of hydrogen-bond acceptors (Lipinski definition) is 7. The maximum Gasteiger partial charge on any atom is 0.425 e. The fourth-order valence-electron chi connectivity index (χ4n) is 2.78. The highest BCUT2D eigenvalue weighted by Gasteiger charge is 2.39. The number of rotatable bonds is 7. The normalized spacial score (nSPS) is 12.6. The number of carbonyl (C=O) groups is 1. The summed E-state index contributed by atoms with van der Waals surface area (Å²) in [6, 6.07) is 0.585. The molecule has 3 aromatic heterocycles. The second-order valence-electron chi connectivity index (χ2n) is 6.80. The molecule has 0 spiro atoms. The van der Waals surface area contributed by atoms with Crippen molar-refractivity contribution in [1.29, 1.82) is 0 Å². The molecule has 0 saturated carbocycles. The number of nitrogens with zero attached hydrogens (tertiary/aromatic N) is 5. The molecule has 0 aliphatic carbocycles. The third-order valence-electron chi connectivity index (χ3n) is 4.59. The Morgan fingerprint density at radius 2 is 2.09 bits per heavy atom. The van der Waals surface area contributed by atoms with Crippen LogP contribution in [0.15, 0.2) is 17.1 Å². The monoisotopic (exact) mass is 473 g/mol. The molecule has 0 saturated heterocycles. The molecule has 3 heterocycles. The van der Waals surface area contributed by atoms with E-state index in [0.717, 1.165) is 4.57 Å². The smallest absolute Gasteiger partial charge is 0.425 e. The molecule has 1 amide bonds. The lowest BCUT2D eigenvalue weighted by molar-refractivity contribution is -0.190. The van der Waals surface area contributed by atoms with Crippen LogP contribution in [0, 0.1) is 12.7 Å². The van der Waals surface area contributed by atoms with Gasteiger partial charge in [0.15, 0.2) is 23.6 Å². The summed E-state index contributed by atoms with van der Waals surface area (Å²) in [5, 5.41) is 21.8. The van der Waals surface area contributed by atoms with E-state index in [1.54, 1.807) is 13.8 Å². The van der Waals surface area contributed by atoms with Gasteiger partial charge in [0.25, 0.3) is 5.91 Å². The second kappa shape index (κ2) is 9.01. The number of amides is 1. The number of pyridine rings is 1. The standard InChI is InChI=1S/C18H19F4N7O4/c1-4-28-13(7-30)27-29(17(28)32)14-11(19)5-10(15(31)24-12-6-23-26-8(12)2)16(25-14)33-9(3)18(20,21)22/h5-6,9,30H,4,7H2,1-3H3,(H,23,26)(H,24,31)/t9-/m0/s1. The number of H-pyrrole nitrogens is 1. The topological polar surface area (TPSA) is 140 Å². The minimum atomic E-state index is -4.82. The molecule has 0 unspecified atom stereocenters. The van der Waals surface area contributed by atoms with Crippen molar-refractivity contribution >= 4 is 11.6 Å². The first-order chi connectivity index (χ1) is 15.5. The molecule has 0 bridgehead atoms. The number of aryl methyl sites for hydroxylation is 1. The van der Waals surface area contributed by atoms with Gasteiger partial charge in [-0.1, -0.05) is 0 Å². The van der Waals surface area contributed by atoms with Crippen molar-refractivity contribution in [3.8, 4) is 11.7 Å². The number of aromatic nitrogens is 6. The molecule has 11 nitrogen and oxygen atoms in total. The van der Waals surface area contributed by atoms with Crippen LogP contribution in [0.25, 0.3) is 5.82 Å². The van der Waals surface area contributed by atoms with Crippen LogP contribution in [0.4, 0.5) is 23.2 Å². The SMILES string of the molecule is CCn1c(CO)nn(-c2nc(O[C@@H](C)C(F)(F)F)c(C(=O)Nc3c[nH]nc3C)cc2F)c1=O. The zero-order valence-corrected chi connectivity index (χ0v) is 17.6. The highest BCUT2D eigenvalue weighted by Crippen LogP contribution is 2.28. The van der Waals surface area contributed by atoms with Crippen LogP contribution in [0.5, 0.6) is 5.88 Å². The molecule has 0 aliphatic rings. The van der Waals surface area contributed by atoms with E-state index < -0.39 is 53.6 Å². The number of anilines is 1. The molecular weight excluding hydrogens is 454 g/mol. The van der Waals surface area contributed by atoms with Gasteiger partial charge in [-0.25, -0.2) is 9.18 Å². The van der Waals surface area contributed by atoms with Crippen molar-refractivity contribution in [3.05, 3.63) is 45.6 Å². The van der Waals surface area contributed by atoms with Gasteiger partial charge in [0.1, 0.15) is 12.2 Å². The van der Waals surface area contributed by atoms with Gasteiger partial charge in [-0.2, -0.15) is 27.9 Å². The van der Waals surface area contributed by atoms with Crippen LogP contribution in [-0.2, 0) is 13.2 Å². The summed E-state index contributed by atoms with van der Waals surface area (Å²) in [6.45, 7) is 3.22. The minimum Gasteiger partial charge on any atom is -0.464 e. The van der Waals surface area contributed by atoms with Crippen LogP contribution in [0.2, 0.25) is 0 Å². The summed E-state index contributed by atoms with van der Waals surface area (Å²) in [6.07, 6.45) is -5.92. The highest BCUT2D eigenvalue weighted by molar-refractivity contribution is 6.06. The first-order valence-corrected chi connectivity index (χ1v) is 9.53. The van der Waals surface area contributed by atoms with Gasteiger partial charge in [-0.3, -0.25) is 14.5 Å². The number of ether oxygens (including phenoxy) is 1. The Morgan fingerprint density at radius 1 is 1.39 bits per heavy atom. The summed E-state index contributed by atoms with van der Waals surface area (Å²) in [7, 11) is 0. The van der Waals surface area contributed by atoms with E-state index in [-0.39, 0.29) is 18.1 Å². The first kappa shape index (κ1) is 23.9. The van der Waals surface area contributed by atoms with E-state index in [4.69, 9.17) is 4.74 Å². The molecule has 3 rings (SSSR count). The van der Waals surface area contributed by atoms with Gasteiger partial charge in [-0.15, -0.1) is 5.10 Å². The zero-order chi connectivity index (χ0) is 24.5. The zero-order valence-electron chi connectivity index (χ0n) is 17.6. The lowest BCUT2D eigenvalue weighted by Gasteiger charge is -2.19. The van der Waals surface area contributed by atoms with Gasteiger partial charge in [0.05, 0.1) is 11.4 Å². The lowest BCUT2D eigenvalue weighted by atomic mass is 10.2.